The smallest absolute Gasteiger partial charge is 1.00 e. The minimum atomic E-state index is -8.55. The Morgan fingerprint density at radius 2 is 1.28 bits per heavy atom. The van der Waals surface area contributed by atoms with E-state index in [9.17, 15) is 33.8 Å². The van der Waals surface area contributed by atoms with Gasteiger partial charge in [0.25, 0.3) is 10.1 Å². The van der Waals surface area contributed by atoms with Gasteiger partial charge in [-0.15, -0.1) is 0 Å². The second-order valence-corrected chi connectivity index (χ2v) is 5.27. The van der Waals surface area contributed by atoms with Crippen molar-refractivity contribution in [1.82, 2.24) is 0 Å². The van der Waals surface area contributed by atoms with Crippen LogP contribution < -0.4 is 18.9 Å². The largest absolute Gasteiger partial charge is 1.00 e. The third kappa shape index (κ3) is 13.8. The second-order valence-electron chi connectivity index (χ2n) is 2.57. The SMILES string of the molecule is FP(F)(F)(F)F.O=S(=O)(O)c1ccc(F)cc1.[H-].[Li+]. The Morgan fingerprint density at radius 1 is 1.00 bits per heavy atom. The number of hydrogen-bond donors (Lipinski definition) is 1. The van der Waals surface area contributed by atoms with Crippen molar-refractivity contribution >= 4 is 18.3 Å². The minimum absolute atomic E-state index is 0. The van der Waals surface area contributed by atoms with Gasteiger partial charge in [-0.25, -0.2) is 4.39 Å². The maximum Gasteiger partial charge on any atom is 1.00 e. The molecule has 0 aliphatic heterocycles. The molecule has 0 aliphatic carbocycles. The molecule has 0 heterocycles. The van der Waals surface area contributed by atoms with Gasteiger partial charge in [-0.2, -0.15) is 8.42 Å². The number of benzene rings is 1. The molecule has 1 aromatic rings. The fourth-order valence-electron chi connectivity index (χ4n) is 0.607. The number of hydrogen-bond acceptors (Lipinski definition) is 2. The summed E-state index contributed by atoms with van der Waals surface area (Å²) < 4.78 is 90.6. The van der Waals surface area contributed by atoms with Gasteiger partial charge in [0.2, 0.25) is 0 Å². The van der Waals surface area contributed by atoms with Crippen molar-refractivity contribution in [2.75, 3.05) is 0 Å². The van der Waals surface area contributed by atoms with E-state index in [-0.39, 0.29) is 25.2 Å². The Morgan fingerprint density at radius 3 is 1.50 bits per heavy atom. The van der Waals surface area contributed by atoms with Gasteiger partial charge in [-0.1, -0.05) is 0 Å². The van der Waals surface area contributed by atoms with Gasteiger partial charge in [-0.05, 0) is 24.3 Å². The van der Waals surface area contributed by atoms with Crippen LogP contribution in [0.1, 0.15) is 1.43 Å². The Bertz CT molecular complexity index is 471. The van der Waals surface area contributed by atoms with Crippen LogP contribution in [0.3, 0.4) is 0 Å². The average molecular weight is 310 g/mol. The predicted molar refractivity (Wildman–Crippen MR) is 49.8 cm³/mol. The summed E-state index contributed by atoms with van der Waals surface area (Å²) in [4.78, 5) is -0.307. The first-order valence-corrected chi connectivity index (χ1v) is 6.71. The molecule has 0 radical (unpaired) electrons. The van der Waals surface area contributed by atoms with Gasteiger partial charge in [-0.3, -0.25) is 4.55 Å². The standard InChI is InChI=1S/C6H5FO3S.F5P.Li.H/c7-5-1-3-6(4-2-5)11(8,9)10;1-6(2,3,4)5;;/h1-4H,(H,8,9,10);;;/q;;+1;-1. The first-order valence-electron chi connectivity index (χ1n) is 3.58. The van der Waals surface area contributed by atoms with E-state index in [1.807, 2.05) is 0 Å². The summed E-state index contributed by atoms with van der Waals surface area (Å²) in [6.45, 7) is 0. The van der Waals surface area contributed by atoms with Crippen molar-refractivity contribution in [3.05, 3.63) is 30.1 Å². The predicted octanol–water partition coefficient (Wildman–Crippen LogP) is 1.15. The Kier molecular flexibility index (Phi) is 6.98. The Labute approximate surface area is 112 Å². The van der Waals surface area contributed by atoms with Crippen LogP contribution in [0.15, 0.2) is 29.2 Å². The maximum atomic E-state index is 12.2. The fourth-order valence-corrected chi connectivity index (χ4v) is 1.09. The van der Waals surface area contributed by atoms with Crippen LogP contribution in [0.25, 0.3) is 0 Å². The summed E-state index contributed by atoms with van der Waals surface area (Å²) in [5.74, 6) is -0.544. The molecular formula is C6H6F6LiO3PS. The summed E-state index contributed by atoms with van der Waals surface area (Å²) in [5, 5.41) is 0. The van der Waals surface area contributed by atoms with E-state index in [0.717, 1.165) is 24.3 Å². The van der Waals surface area contributed by atoms with Crippen molar-refractivity contribution in [1.29, 1.82) is 0 Å². The van der Waals surface area contributed by atoms with Crippen molar-refractivity contribution in [3.63, 3.8) is 0 Å². The minimum Gasteiger partial charge on any atom is -1.00 e. The maximum absolute atomic E-state index is 12.2. The molecular weight excluding hydrogens is 304 g/mol. The van der Waals surface area contributed by atoms with E-state index >= 15 is 0 Å². The molecule has 0 bridgehead atoms. The normalized spacial score (nSPS) is 13.4. The zero-order chi connectivity index (χ0) is 13.9. The molecule has 0 fully saturated rings. The fraction of sp³-hybridized carbons (Fsp3) is 0. The van der Waals surface area contributed by atoms with E-state index in [2.05, 4.69) is 0 Å². The average Bonchev–Trinajstić information content (AvgIpc) is 1.98. The molecule has 0 atom stereocenters. The monoisotopic (exact) mass is 310 g/mol. The van der Waals surface area contributed by atoms with E-state index in [0.29, 0.717) is 0 Å². The van der Waals surface area contributed by atoms with Gasteiger partial charge in [0.1, 0.15) is 5.82 Å². The van der Waals surface area contributed by atoms with Crippen LogP contribution >= 0.6 is 8.16 Å². The van der Waals surface area contributed by atoms with Gasteiger partial charge in [0.15, 0.2) is 0 Å². The summed E-state index contributed by atoms with van der Waals surface area (Å²) in [6, 6.07) is 3.90. The molecule has 0 unspecified atom stereocenters. The molecule has 0 spiro atoms. The van der Waals surface area contributed by atoms with Crippen LogP contribution in [-0.2, 0) is 10.1 Å². The molecule has 0 saturated carbocycles. The third-order valence-corrected chi connectivity index (χ3v) is 1.98. The van der Waals surface area contributed by atoms with E-state index in [1.54, 1.807) is 0 Å². The summed E-state index contributed by atoms with van der Waals surface area (Å²) in [6.07, 6.45) is 0. The van der Waals surface area contributed by atoms with E-state index in [1.165, 1.54) is 0 Å². The van der Waals surface area contributed by atoms with Crippen molar-refractivity contribution in [2.45, 2.75) is 4.90 Å². The third-order valence-electron chi connectivity index (χ3n) is 1.11. The van der Waals surface area contributed by atoms with Crippen molar-refractivity contribution in [3.8, 4) is 0 Å². The zero-order valence-electron chi connectivity index (χ0n) is 9.70. The first-order chi connectivity index (χ1) is 7.24. The van der Waals surface area contributed by atoms with Crippen LogP contribution in [-0.4, -0.2) is 13.0 Å². The molecule has 18 heavy (non-hydrogen) atoms. The molecule has 12 heteroatoms. The number of halogens is 6. The Balaban J connectivity index is -0.000000282. The molecule has 1 rings (SSSR count). The van der Waals surface area contributed by atoms with Crippen LogP contribution in [0.2, 0.25) is 0 Å². The van der Waals surface area contributed by atoms with Gasteiger partial charge < -0.3 is 1.43 Å². The van der Waals surface area contributed by atoms with E-state index in [4.69, 9.17) is 4.55 Å². The van der Waals surface area contributed by atoms with Crippen LogP contribution in [0, 0.1) is 5.82 Å². The molecule has 102 valence electrons. The van der Waals surface area contributed by atoms with Gasteiger partial charge >= 0.3 is 48.0 Å². The molecule has 1 N–H and O–H groups in total. The first kappa shape index (κ1) is 20.1. The molecule has 1 aromatic carbocycles. The zero-order valence-corrected chi connectivity index (χ0v) is 10.4. The second kappa shape index (κ2) is 6.26. The molecule has 3 nitrogen and oxygen atoms in total. The summed E-state index contributed by atoms with van der Waals surface area (Å²) in [5.41, 5.74) is 0. The van der Waals surface area contributed by atoms with Crippen molar-refractivity contribution in [2.24, 2.45) is 0 Å². The molecule has 0 aromatic heterocycles. The van der Waals surface area contributed by atoms with Crippen molar-refractivity contribution < 1.29 is 58.6 Å². The van der Waals surface area contributed by atoms with Crippen LogP contribution in [0.5, 0.6) is 0 Å². The quantitative estimate of drug-likeness (QED) is 0.366. The Hall–Kier alpha value is -0.263. The summed E-state index contributed by atoms with van der Waals surface area (Å²) >= 11 is 0. The van der Waals surface area contributed by atoms with Crippen LogP contribution in [0.4, 0.5) is 25.4 Å². The summed E-state index contributed by atoms with van der Waals surface area (Å²) in [7, 11) is -12.7. The molecule has 0 aliphatic rings. The number of rotatable bonds is 1. The molecule has 0 amide bonds. The van der Waals surface area contributed by atoms with Gasteiger partial charge in [0, 0.05) is 0 Å². The van der Waals surface area contributed by atoms with E-state index < -0.39 is 24.1 Å². The van der Waals surface area contributed by atoms with Gasteiger partial charge in [0.05, 0.1) is 4.90 Å². The molecule has 0 saturated heterocycles. The topological polar surface area (TPSA) is 54.4 Å².